The Bertz CT molecular complexity index is 605. The maximum Gasteiger partial charge on any atom is 0.258 e. The number of anilines is 1. The van der Waals surface area contributed by atoms with E-state index in [9.17, 15) is 4.79 Å². The monoisotopic (exact) mass is 434 g/mol. The summed E-state index contributed by atoms with van der Waals surface area (Å²) in [5.74, 6) is 0.0456. The molecular formula is C10H5Br3N4O. The van der Waals surface area contributed by atoms with Gasteiger partial charge in [0.25, 0.3) is 5.91 Å². The van der Waals surface area contributed by atoms with Gasteiger partial charge in [0, 0.05) is 16.9 Å². The normalized spacial score (nSPS) is 10.2. The summed E-state index contributed by atoms with van der Waals surface area (Å²) in [5, 5.41) is 2.64. The molecule has 18 heavy (non-hydrogen) atoms. The summed E-state index contributed by atoms with van der Waals surface area (Å²) in [6, 6.07) is 1.67. The lowest BCUT2D eigenvalue weighted by Gasteiger charge is -2.05. The van der Waals surface area contributed by atoms with Crippen molar-refractivity contribution in [3.05, 3.63) is 43.9 Å². The van der Waals surface area contributed by atoms with Crippen LogP contribution in [0.2, 0.25) is 0 Å². The van der Waals surface area contributed by atoms with Crippen LogP contribution in [-0.4, -0.2) is 20.9 Å². The number of hydrogen-bond acceptors (Lipinski definition) is 4. The molecule has 2 aromatic rings. The molecule has 2 aromatic heterocycles. The van der Waals surface area contributed by atoms with Crippen molar-refractivity contribution in [2.75, 3.05) is 5.32 Å². The molecule has 0 saturated heterocycles. The number of nitrogens with one attached hydrogen (secondary N) is 1. The van der Waals surface area contributed by atoms with E-state index in [1.807, 2.05) is 0 Å². The number of nitrogens with zero attached hydrogens (tertiary/aromatic N) is 3. The van der Waals surface area contributed by atoms with Crippen LogP contribution in [0.4, 0.5) is 5.82 Å². The second-order valence-corrected chi connectivity index (χ2v) is 5.66. The van der Waals surface area contributed by atoms with Gasteiger partial charge in [-0.15, -0.1) is 0 Å². The van der Waals surface area contributed by atoms with Crippen LogP contribution in [0.5, 0.6) is 0 Å². The molecule has 8 heteroatoms. The summed E-state index contributed by atoms with van der Waals surface area (Å²) in [7, 11) is 0. The SMILES string of the molecule is O=C(Nc1ncc(Br)nc1Br)c1cncc(Br)c1. The Morgan fingerprint density at radius 3 is 2.61 bits per heavy atom. The fraction of sp³-hybridized carbons (Fsp3) is 0. The van der Waals surface area contributed by atoms with Crippen LogP contribution in [0.15, 0.2) is 38.3 Å². The predicted octanol–water partition coefficient (Wildman–Crippen LogP) is 3.41. The third kappa shape index (κ3) is 3.33. The van der Waals surface area contributed by atoms with Gasteiger partial charge in [-0.1, -0.05) is 0 Å². The van der Waals surface area contributed by atoms with Gasteiger partial charge in [0.2, 0.25) is 0 Å². The van der Waals surface area contributed by atoms with Crippen LogP contribution >= 0.6 is 47.8 Å². The molecule has 0 aromatic carbocycles. The first-order valence-electron chi connectivity index (χ1n) is 4.66. The molecule has 0 bridgehead atoms. The lowest BCUT2D eigenvalue weighted by atomic mass is 10.3. The van der Waals surface area contributed by atoms with Crippen molar-refractivity contribution < 1.29 is 4.79 Å². The molecular weight excluding hydrogens is 432 g/mol. The lowest BCUT2D eigenvalue weighted by molar-refractivity contribution is 0.102. The van der Waals surface area contributed by atoms with Gasteiger partial charge < -0.3 is 5.32 Å². The zero-order valence-electron chi connectivity index (χ0n) is 8.69. The number of hydrogen-bond donors (Lipinski definition) is 1. The number of carbonyl (C=O) groups excluding carboxylic acids is 1. The van der Waals surface area contributed by atoms with Crippen molar-refractivity contribution in [3.8, 4) is 0 Å². The van der Waals surface area contributed by atoms with E-state index < -0.39 is 0 Å². The zero-order valence-corrected chi connectivity index (χ0v) is 13.5. The van der Waals surface area contributed by atoms with Crippen molar-refractivity contribution in [2.24, 2.45) is 0 Å². The van der Waals surface area contributed by atoms with Crippen LogP contribution in [0, 0.1) is 0 Å². The first kappa shape index (κ1) is 13.6. The van der Waals surface area contributed by atoms with Crippen molar-refractivity contribution in [1.29, 1.82) is 0 Å². The average Bonchev–Trinajstić information content (AvgIpc) is 2.32. The largest absolute Gasteiger partial charge is 0.304 e. The highest BCUT2D eigenvalue weighted by molar-refractivity contribution is 9.11. The summed E-state index contributed by atoms with van der Waals surface area (Å²) in [6.45, 7) is 0. The van der Waals surface area contributed by atoms with Gasteiger partial charge in [-0.05, 0) is 53.9 Å². The number of carbonyl (C=O) groups is 1. The summed E-state index contributed by atoms with van der Waals surface area (Å²) < 4.78 is 1.76. The fourth-order valence-corrected chi connectivity index (χ4v) is 2.42. The molecule has 0 spiro atoms. The van der Waals surface area contributed by atoms with Crippen molar-refractivity contribution in [1.82, 2.24) is 15.0 Å². The average molecular weight is 437 g/mol. The van der Waals surface area contributed by atoms with Crippen LogP contribution in [0.1, 0.15) is 10.4 Å². The van der Waals surface area contributed by atoms with Gasteiger partial charge in [-0.2, -0.15) is 0 Å². The van der Waals surface area contributed by atoms with E-state index >= 15 is 0 Å². The van der Waals surface area contributed by atoms with E-state index in [1.165, 1.54) is 12.4 Å². The first-order chi connectivity index (χ1) is 8.56. The van der Waals surface area contributed by atoms with Crippen LogP contribution in [0.3, 0.4) is 0 Å². The van der Waals surface area contributed by atoms with Gasteiger partial charge in [0.05, 0.1) is 11.8 Å². The first-order valence-corrected chi connectivity index (χ1v) is 7.04. The third-order valence-electron chi connectivity index (χ3n) is 1.90. The maximum absolute atomic E-state index is 11.9. The molecule has 5 nitrogen and oxygen atoms in total. The maximum atomic E-state index is 11.9. The van der Waals surface area contributed by atoms with Crippen molar-refractivity contribution in [3.63, 3.8) is 0 Å². The second-order valence-electron chi connectivity index (χ2n) is 3.18. The smallest absolute Gasteiger partial charge is 0.258 e. The molecule has 0 unspecified atom stereocenters. The summed E-state index contributed by atoms with van der Waals surface area (Å²) in [5.41, 5.74) is 0.431. The standard InChI is InChI=1S/C10H5Br3N4O/c11-6-1-5(2-14-3-6)10(18)17-9-8(13)16-7(12)4-15-9/h1-4H,(H,15,17,18). The van der Waals surface area contributed by atoms with E-state index in [1.54, 1.807) is 12.3 Å². The molecule has 1 amide bonds. The Balaban J connectivity index is 2.21. The molecule has 2 heterocycles. The molecule has 1 N–H and O–H groups in total. The van der Waals surface area contributed by atoms with Gasteiger partial charge in [-0.25, -0.2) is 9.97 Å². The molecule has 0 radical (unpaired) electrons. The third-order valence-corrected chi connectivity index (χ3v) is 3.27. The molecule has 0 atom stereocenters. The molecule has 0 aliphatic rings. The molecule has 0 aliphatic heterocycles. The van der Waals surface area contributed by atoms with Gasteiger partial charge >= 0.3 is 0 Å². The fourth-order valence-electron chi connectivity index (χ4n) is 1.15. The highest BCUT2D eigenvalue weighted by Gasteiger charge is 2.11. The summed E-state index contributed by atoms with van der Waals surface area (Å²) in [6.07, 6.45) is 4.58. The van der Waals surface area contributed by atoms with E-state index in [-0.39, 0.29) is 5.91 Å². The minimum Gasteiger partial charge on any atom is -0.304 e. The Morgan fingerprint density at radius 2 is 1.94 bits per heavy atom. The zero-order chi connectivity index (χ0) is 13.1. The predicted molar refractivity (Wildman–Crippen MR) is 77.3 cm³/mol. The van der Waals surface area contributed by atoms with E-state index in [2.05, 4.69) is 68.1 Å². The minimum absolute atomic E-state index is 0.305. The van der Waals surface area contributed by atoms with Crippen LogP contribution < -0.4 is 5.32 Å². The summed E-state index contributed by atoms with van der Waals surface area (Å²) >= 11 is 9.66. The topological polar surface area (TPSA) is 67.8 Å². The highest BCUT2D eigenvalue weighted by atomic mass is 79.9. The van der Waals surface area contributed by atoms with Gasteiger partial charge in [-0.3, -0.25) is 9.78 Å². The van der Waals surface area contributed by atoms with Crippen molar-refractivity contribution in [2.45, 2.75) is 0 Å². The van der Waals surface area contributed by atoms with E-state index in [4.69, 9.17) is 0 Å². The van der Waals surface area contributed by atoms with Crippen LogP contribution in [0.25, 0.3) is 0 Å². The number of halogens is 3. The molecule has 0 saturated carbocycles. The Kier molecular flexibility index (Phi) is 4.41. The van der Waals surface area contributed by atoms with Crippen LogP contribution in [-0.2, 0) is 0 Å². The van der Waals surface area contributed by atoms with Gasteiger partial charge in [0.15, 0.2) is 5.82 Å². The molecule has 92 valence electrons. The number of pyridine rings is 1. The Morgan fingerprint density at radius 1 is 1.17 bits per heavy atom. The Labute approximate surface area is 128 Å². The van der Waals surface area contributed by atoms with E-state index in [0.717, 1.165) is 4.47 Å². The van der Waals surface area contributed by atoms with Crippen molar-refractivity contribution >= 4 is 59.5 Å². The lowest BCUT2D eigenvalue weighted by Crippen LogP contribution is -2.14. The van der Waals surface area contributed by atoms with E-state index in [0.29, 0.717) is 20.6 Å². The highest BCUT2D eigenvalue weighted by Crippen LogP contribution is 2.20. The number of rotatable bonds is 2. The molecule has 2 rings (SSSR count). The minimum atomic E-state index is -0.305. The molecule has 0 fully saturated rings. The Hall–Kier alpha value is -0.860. The molecule has 0 aliphatic carbocycles. The summed E-state index contributed by atoms with van der Waals surface area (Å²) in [4.78, 5) is 24.0. The number of aromatic nitrogens is 3. The second kappa shape index (κ2) is 5.85. The quantitative estimate of drug-likeness (QED) is 0.783. The number of amides is 1. The van der Waals surface area contributed by atoms with Gasteiger partial charge in [0.1, 0.15) is 9.21 Å².